The predicted molar refractivity (Wildman–Crippen MR) is 80.4 cm³/mol. The molecule has 0 heterocycles. The molecule has 0 aliphatic rings. The van der Waals surface area contributed by atoms with Gasteiger partial charge in [-0.2, -0.15) is 0 Å². The minimum absolute atomic E-state index is 0.125. The SMILES string of the molecule is CC(C)OC(=O)CNC(=O)c1cc(Br)ccc1I. The molecule has 0 fully saturated rings. The van der Waals surface area contributed by atoms with Crippen molar-refractivity contribution in [3.05, 3.63) is 31.8 Å². The summed E-state index contributed by atoms with van der Waals surface area (Å²) in [4.78, 5) is 23.2. The van der Waals surface area contributed by atoms with Gasteiger partial charge in [0.15, 0.2) is 0 Å². The quantitative estimate of drug-likeness (QED) is 0.596. The number of esters is 1. The van der Waals surface area contributed by atoms with Gasteiger partial charge >= 0.3 is 5.97 Å². The lowest BCUT2D eigenvalue weighted by molar-refractivity contribution is -0.146. The van der Waals surface area contributed by atoms with Gasteiger partial charge in [-0.05, 0) is 54.6 Å². The van der Waals surface area contributed by atoms with Gasteiger partial charge in [-0.3, -0.25) is 9.59 Å². The molecule has 0 saturated heterocycles. The standard InChI is InChI=1S/C12H13BrINO3/c1-7(2)18-11(16)6-15-12(17)9-5-8(13)3-4-10(9)14/h3-5,7H,6H2,1-2H3,(H,15,17). The molecule has 6 heteroatoms. The molecule has 98 valence electrons. The number of nitrogens with one attached hydrogen (secondary N) is 1. The van der Waals surface area contributed by atoms with Crippen molar-refractivity contribution < 1.29 is 14.3 Å². The van der Waals surface area contributed by atoms with Gasteiger partial charge in [0, 0.05) is 8.04 Å². The fourth-order valence-electron chi connectivity index (χ4n) is 1.22. The number of ether oxygens (including phenoxy) is 1. The highest BCUT2D eigenvalue weighted by molar-refractivity contribution is 14.1. The molecule has 0 atom stereocenters. The first kappa shape index (κ1) is 15.4. The van der Waals surface area contributed by atoms with E-state index in [4.69, 9.17) is 4.74 Å². The zero-order valence-electron chi connectivity index (χ0n) is 10.00. The number of halogens is 2. The number of carbonyl (C=O) groups excluding carboxylic acids is 2. The van der Waals surface area contributed by atoms with Gasteiger partial charge < -0.3 is 10.1 Å². The fourth-order valence-corrected chi connectivity index (χ4v) is 2.17. The molecule has 0 spiro atoms. The summed E-state index contributed by atoms with van der Waals surface area (Å²) in [6, 6.07) is 5.39. The lowest BCUT2D eigenvalue weighted by atomic mass is 10.2. The molecule has 1 amide bonds. The average Bonchev–Trinajstić information content (AvgIpc) is 2.28. The van der Waals surface area contributed by atoms with Crippen LogP contribution in [0.2, 0.25) is 0 Å². The number of rotatable bonds is 4. The van der Waals surface area contributed by atoms with Crippen molar-refractivity contribution in [3.8, 4) is 0 Å². The van der Waals surface area contributed by atoms with Crippen LogP contribution in [0.3, 0.4) is 0 Å². The first-order chi connectivity index (χ1) is 8.40. The number of carbonyl (C=O) groups is 2. The summed E-state index contributed by atoms with van der Waals surface area (Å²) in [5, 5.41) is 2.53. The Balaban J connectivity index is 2.60. The van der Waals surface area contributed by atoms with Crippen LogP contribution in [0.5, 0.6) is 0 Å². The molecule has 1 N–H and O–H groups in total. The Morgan fingerprint density at radius 1 is 1.44 bits per heavy atom. The van der Waals surface area contributed by atoms with Crippen LogP contribution in [0.4, 0.5) is 0 Å². The van der Waals surface area contributed by atoms with Gasteiger partial charge in [-0.25, -0.2) is 0 Å². The first-order valence-corrected chi connectivity index (χ1v) is 7.20. The Hall–Kier alpha value is -0.630. The number of hydrogen-bond donors (Lipinski definition) is 1. The van der Waals surface area contributed by atoms with Crippen LogP contribution in [-0.4, -0.2) is 24.5 Å². The first-order valence-electron chi connectivity index (χ1n) is 5.33. The molecule has 18 heavy (non-hydrogen) atoms. The number of amides is 1. The van der Waals surface area contributed by atoms with Crippen molar-refractivity contribution in [1.29, 1.82) is 0 Å². The van der Waals surface area contributed by atoms with Gasteiger partial charge in [-0.1, -0.05) is 15.9 Å². The third-order valence-corrected chi connectivity index (χ3v) is 3.37. The molecule has 0 aliphatic heterocycles. The van der Waals surface area contributed by atoms with E-state index in [2.05, 4.69) is 43.8 Å². The molecule has 0 aliphatic carbocycles. The molecular formula is C12H13BrINO3. The summed E-state index contributed by atoms with van der Waals surface area (Å²) < 4.78 is 6.57. The Kier molecular flexibility index (Phi) is 6.07. The van der Waals surface area contributed by atoms with E-state index in [0.29, 0.717) is 5.56 Å². The minimum atomic E-state index is -0.441. The fraction of sp³-hybridized carbons (Fsp3) is 0.333. The van der Waals surface area contributed by atoms with Crippen LogP contribution in [0.15, 0.2) is 22.7 Å². The van der Waals surface area contributed by atoms with Crippen molar-refractivity contribution >= 4 is 50.4 Å². The van der Waals surface area contributed by atoms with Crippen molar-refractivity contribution in [3.63, 3.8) is 0 Å². The highest BCUT2D eigenvalue weighted by Crippen LogP contribution is 2.18. The molecule has 0 bridgehead atoms. The zero-order chi connectivity index (χ0) is 13.7. The summed E-state index contributed by atoms with van der Waals surface area (Å²) in [5.41, 5.74) is 0.530. The molecule has 0 aromatic heterocycles. The third kappa shape index (κ3) is 4.93. The van der Waals surface area contributed by atoms with Gasteiger partial charge in [0.05, 0.1) is 11.7 Å². The zero-order valence-corrected chi connectivity index (χ0v) is 13.7. The van der Waals surface area contributed by atoms with Crippen LogP contribution in [0.1, 0.15) is 24.2 Å². The van der Waals surface area contributed by atoms with Crippen LogP contribution in [-0.2, 0) is 9.53 Å². The minimum Gasteiger partial charge on any atom is -0.462 e. The summed E-state index contributed by atoms with van der Waals surface area (Å²) in [6.45, 7) is 3.40. The molecule has 1 aromatic carbocycles. The smallest absolute Gasteiger partial charge is 0.325 e. The van der Waals surface area contributed by atoms with Crippen LogP contribution >= 0.6 is 38.5 Å². The molecule has 0 unspecified atom stereocenters. The summed E-state index contributed by atoms with van der Waals surface area (Å²) in [7, 11) is 0. The lowest BCUT2D eigenvalue weighted by Gasteiger charge is -2.09. The highest BCUT2D eigenvalue weighted by atomic mass is 127. The topological polar surface area (TPSA) is 55.4 Å². The third-order valence-electron chi connectivity index (χ3n) is 1.93. The van der Waals surface area contributed by atoms with Gasteiger partial charge in [-0.15, -0.1) is 0 Å². The maximum Gasteiger partial charge on any atom is 0.325 e. The maximum atomic E-state index is 11.9. The second kappa shape index (κ2) is 7.08. The van der Waals surface area contributed by atoms with E-state index in [1.807, 2.05) is 12.1 Å². The highest BCUT2D eigenvalue weighted by Gasteiger charge is 2.12. The van der Waals surface area contributed by atoms with E-state index >= 15 is 0 Å². The lowest BCUT2D eigenvalue weighted by Crippen LogP contribution is -2.32. The van der Waals surface area contributed by atoms with Crippen molar-refractivity contribution in [2.45, 2.75) is 20.0 Å². The Morgan fingerprint density at radius 3 is 2.72 bits per heavy atom. The van der Waals surface area contributed by atoms with E-state index < -0.39 is 5.97 Å². The van der Waals surface area contributed by atoms with Crippen molar-refractivity contribution in [2.24, 2.45) is 0 Å². The van der Waals surface area contributed by atoms with E-state index in [9.17, 15) is 9.59 Å². The normalized spacial score (nSPS) is 10.3. The van der Waals surface area contributed by atoms with Crippen LogP contribution in [0.25, 0.3) is 0 Å². The van der Waals surface area contributed by atoms with Crippen molar-refractivity contribution in [1.82, 2.24) is 5.32 Å². The van der Waals surface area contributed by atoms with E-state index in [1.165, 1.54) is 0 Å². The maximum absolute atomic E-state index is 11.9. The Morgan fingerprint density at radius 2 is 2.11 bits per heavy atom. The summed E-state index contributed by atoms with van der Waals surface area (Å²) >= 11 is 5.37. The molecule has 4 nitrogen and oxygen atoms in total. The van der Waals surface area contributed by atoms with E-state index in [0.717, 1.165) is 8.04 Å². The largest absolute Gasteiger partial charge is 0.462 e. The monoisotopic (exact) mass is 425 g/mol. The van der Waals surface area contributed by atoms with Crippen LogP contribution < -0.4 is 5.32 Å². The molecule has 1 aromatic rings. The second-order valence-corrected chi connectivity index (χ2v) is 5.92. The van der Waals surface area contributed by atoms with Gasteiger partial charge in [0.2, 0.25) is 0 Å². The van der Waals surface area contributed by atoms with Gasteiger partial charge in [0.1, 0.15) is 6.54 Å². The van der Waals surface area contributed by atoms with E-state index in [-0.39, 0.29) is 18.6 Å². The summed E-state index contributed by atoms with van der Waals surface area (Å²) in [5.74, 6) is -0.732. The van der Waals surface area contributed by atoms with Gasteiger partial charge in [0.25, 0.3) is 5.91 Å². The van der Waals surface area contributed by atoms with Crippen LogP contribution in [0, 0.1) is 3.57 Å². The average molecular weight is 426 g/mol. The number of hydrogen-bond acceptors (Lipinski definition) is 3. The molecule has 1 rings (SSSR count). The molecule has 0 radical (unpaired) electrons. The van der Waals surface area contributed by atoms with E-state index in [1.54, 1.807) is 19.9 Å². The second-order valence-electron chi connectivity index (χ2n) is 3.85. The predicted octanol–water partition coefficient (Wildman–Crippen LogP) is 2.74. The molecular weight excluding hydrogens is 413 g/mol. The molecule has 0 saturated carbocycles. The Labute approximate surface area is 128 Å². The Bertz CT molecular complexity index is 463. The van der Waals surface area contributed by atoms with Crippen molar-refractivity contribution in [2.75, 3.05) is 6.54 Å². The number of benzene rings is 1. The summed E-state index contributed by atoms with van der Waals surface area (Å²) in [6.07, 6.45) is -0.180.